The fraction of sp³-hybridized carbons (Fsp3) is 0.500. The Labute approximate surface area is 132 Å². The molecule has 124 valence electrons. The molecule has 1 saturated heterocycles. The number of benzene rings is 1. The Hall–Kier alpha value is -2.07. The Morgan fingerprint density at radius 1 is 1.30 bits per heavy atom. The van der Waals surface area contributed by atoms with Crippen LogP contribution in [0.5, 0.6) is 0 Å². The summed E-state index contributed by atoms with van der Waals surface area (Å²) in [5, 5.41) is 9.05. The highest BCUT2D eigenvalue weighted by atomic mass is 19.4. The molecule has 1 fully saturated rings. The predicted molar refractivity (Wildman–Crippen MR) is 76.1 cm³/mol. The molecule has 1 atom stereocenters. The van der Waals surface area contributed by atoms with Crippen LogP contribution >= 0.6 is 0 Å². The molecule has 1 amide bonds. The number of rotatable bonds is 2. The molecular formula is C16H17F3N2O2. The molecule has 1 heterocycles. The van der Waals surface area contributed by atoms with E-state index in [0.717, 1.165) is 12.1 Å². The molecular weight excluding hydrogens is 309 g/mol. The van der Waals surface area contributed by atoms with Crippen molar-refractivity contribution in [1.82, 2.24) is 4.90 Å². The molecule has 0 bridgehead atoms. The highest BCUT2D eigenvalue weighted by molar-refractivity contribution is 5.84. The van der Waals surface area contributed by atoms with Gasteiger partial charge in [0.15, 0.2) is 0 Å². The second-order valence-electron chi connectivity index (χ2n) is 5.97. The van der Waals surface area contributed by atoms with Gasteiger partial charge in [-0.3, -0.25) is 4.79 Å². The zero-order valence-corrected chi connectivity index (χ0v) is 12.9. The van der Waals surface area contributed by atoms with E-state index in [9.17, 15) is 18.0 Å². The van der Waals surface area contributed by atoms with Crippen LogP contribution in [-0.4, -0.2) is 30.5 Å². The number of carbonyl (C=O) groups is 1. The SMILES string of the molecule is CC(C)(C#N)C(=O)N1CCO[C@@H](c2ccc(C(F)(F)F)cc2)C1. The van der Waals surface area contributed by atoms with E-state index in [-0.39, 0.29) is 19.1 Å². The third-order valence-corrected chi connectivity index (χ3v) is 3.78. The van der Waals surface area contributed by atoms with Gasteiger partial charge in [0.05, 0.1) is 24.8 Å². The predicted octanol–water partition coefficient (Wildman–Crippen LogP) is 3.16. The van der Waals surface area contributed by atoms with Crippen LogP contribution in [0.25, 0.3) is 0 Å². The molecule has 7 heteroatoms. The van der Waals surface area contributed by atoms with Crippen molar-refractivity contribution in [3.8, 4) is 6.07 Å². The van der Waals surface area contributed by atoms with Crippen LogP contribution < -0.4 is 0 Å². The monoisotopic (exact) mass is 326 g/mol. The summed E-state index contributed by atoms with van der Waals surface area (Å²) in [6.07, 6.45) is -4.88. The van der Waals surface area contributed by atoms with Gasteiger partial charge in [0.25, 0.3) is 0 Å². The normalized spacial score (nSPS) is 19.3. The van der Waals surface area contributed by atoms with E-state index in [4.69, 9.17) is 10.00 Å². The molecule has 0 spiro atoms. The fourth-order valence-electron chi connectivity index (χ4n) is 2.37. The van der Waals surface area contributed by atoms with Gasteiger partial charge < -0.3 is 9.64 Å². The lowest BCUT2D eigenvalue weighted by Crippen LogP contribution is -2.47. The maximum absolute atomic E-state index is 12.6. The van der Waals surface area contributed by atoms with Crippen molar-refractivity contribution in [2.45, 2.75) is 26.1 Å². The molecule has 0 unspecified atom stereocenters. The summed E-state index contributed by atoms with van der Waals surface area (Å²) in [5.41, 5.74) is -1.29. The Morgan fingerprint density at radius 3 is 2.43 bits per heavy atom. The number of halogens is 3. The topological polar surface area (TPSA) is 53.3 Å². The van der Waals surface area contributed by atoms with Crippen molar-refractivity contribution >= 4 is 5.91 Å². The highest BCUT2D eigenvalue weighted by Crippen LogP contribution is 2.31. The number of nitriles is 1. The summed E-state index contributed by atoms with van der Waals surface area (Å²) in [7, 11) is 0. The standard InChI is InChI=1S/C16H17F3N2O2/c1-15(2,10-20)14(22)21-7-8-23-13(9-21)11-3-5-12(6-4-11)16(17,18)19/h3-6,13H,7-9H2,1-2H3/t13-/m1/s1. The first kappa shape index (κ1) is 17.3. The van der Waals surface area contributed by atoms with Crippen molar-refractivity contribution < 1.29 is 22.7 Å². The molecule has 1 aromatic carbocycles. The molecule has 2 rings (SSSR count). The second-order valence-corrected chi connectivity index (χ2v) is 5.97. The number of carbonyl (C=O) groups excluding carboxylic acids is 1. The first-order chi connectivity index (χ1) is 10.6. The Morgan fingerprint density at radius 2 is 1.91 bits per heavy atom. The lowest BCUT2D eigenvalue weighted by molar-refractivity contribution is -0.145. The zero-order valence-electron chi connectivity index (χ0n) is 12.9. The third-order valence-electron chi connectivity index (χ3n) is 3.78. The van der Waals surface area contributed by atoms with E-state index < -0.39 is 23.3 Å². The molecule has 4 nitrogen and oxygen atoms in total. The van der Waals surface area contributed by atoms with Gasteiger partial charge in [-0.15, -0.1) is 0 Å². The van der Waals surface area contributed by atoms with E-state index >= 15 is 0 Å². The Kier molecular flexibility index (Phi) is 4.66. The summed E-state index contributed by atoms with van der Waals surface area (Å²) in [4.78, 5) is 13.8. The minimum Gasteiger partial charge on any atom is -0.370 e. The second kappa shape index (κ2) is 6.20. The summed E-state index contributed by atoms with van der Waals surface area (Å²) >= 11 is 0. The largest absolute Gasteiger partial charge is 0.416 e. The molecule has 0 aliphatic carbocycles. The highest BCUT2D eigenvalue weighted by Gasteiger charge is 2.35. The number of amides is 1. The van der Waals surface area contributed by atoms with E-state index in [0.29, 0.717) is 12.1 Å². The third kappa shape index (κ3) is 3.82. The summed E-state index contributed by atoms with van der Waals surface area (Å²) in [6, 6.07) is 6.67. The summed E-state index contributed by atoms with van der Waals surface area (Å²) < 4.78 is 43.3. The minimum atomic E-state index is -4.38. The number of hydrogen-bond donors (Lipinski definition) is 0. The number of ether oxygens (including phenoxy) is 1. The average molecular weight is 326 g/mol. The molecule has 1 aliphatic rings. The molecule has 0 radical (unpaired) electrons. The Balaban J connectivity index is 2.13. The van der Waals surface area contributed by atoms with Crippen molar-refractivity contribution in [1.29, 1.82) is 5.26 Å². The smallest absolute Gasteiger partial charge is 0.370 e. The van der Waals surface area contributed by atoms with E-state index in [1.54, 1.807) is 0 Å². The van der Waals surface area contributed by atoms with Crippen molar-refractivity contribution in [2.24, 2.45) is 5.41 Å². The number of alkyl halides is 3. The van der Waals surface area contributed by atoms with Gasteiger partial charge in [-0.2, -0.15) is 18.4 Å². The van der Waals surface area contributed by atoms with Crippen molar-refractivity contribution in [3.63, 3.8) is 0 Å². The number of morpholine rings is 1. The lowest BCUT2D eigenvalue weighted by Gasteiger charge is -2.35. The quantitative estimate of drug-likeness (QED) is 0.839. The molecule has 0 N–H and O–H groups in total. The van der Waals surface area contributed by atoms with E-state index in [1.165, 1.54) is 30.9 Å². The van der Waals surface area contributed by atoms with Gasteiger partial charge in [0, 0.05) is 6.54 Å². The van der Waals surface area contributed by atoms with Gasteiger partial charge in [-0.25, -0.2) is 0 Å². The van der Waals surface area contributed by atoms with Gasteiger partial charge in [-0.1, -0.05) is 12.1 Å². The first-order valence-electron chi connectivity index (χ1n) is 7.14. The molecule has 0 aromatic heterocycles. The maximum atomic E-state index is 12.6. The molecule has 0 saturated carbocycles. The van der Waals surface area contributed by atoms with Gasteiger partial charge in [-0.05, 0) is 31.5 Å². The van der Waals surface area contributed by atoms with Crippen LogP contribution in [0, 0.1) is 16.7 Å². The van der Waals surface area contributed by atoms with Crippen LogP contribution in [0.15, 0.2) is 24.3 Å². The number of nitrogens with zero attached hydrogens (tertiary/aromatic N) is 2. The van der Waals surface area contributed by atoms with Gasteiger partial charge in [0.2, 0.25) is 5.91 Å². The number of hydrogen-bond acceptors (Lipinski definition) is 3. The van der Waals surface area contributed by atoms with E-state index in [1.807, 2.05) is 6.07 Å². The summed E-state index contributed by atoms with van der Waals surface area (Å²) in [5.74, 6) is -0.305. The van der Waals surface area contributed by atoms with Gasteiger partial charge >= 0.3 is 6.18 Å². The average Bonchev–Trinajstić information content (AvgIpc) is 2.53. The molecule has 1 aliphatic heterocycles. The van der Waals surface area contributed by atoms with Crippen LogP contribution in [0.3, 0.4) is 0 Å². The fourth-order valence-corrected chi connectivity index (χ4v) is 2.37. The zero-order chi connectivity index (χ0) is 17.3. The van der Waals surface area contributed by atoms with Crippen LogP contribution in [-0.2, 0) is 15.7 Å². The maximum Gasteiger partial charge on any atom is 0.416 e. The molecule has 23 heavy (non-hydrogen) atoms. The summed E-state index contributed by atoms with van der Waals surface area (Å²) in [6.45, 7) is 3.94. The van der Waals surface area contributed by atoms with Crippen molar-refractivity contribution in [2.75, 3.05) is 19.7 Å². The van der Waals surface area contributed by atoms with Crippen LogP contribution in [0.2, 0.25) is 0 Å². The van der Waals surface area contributed by atoms with E-state index in [2.05, 4.69) is 0 Å². The first-order valence-corrected chi connectivity index (χ1v) is 7.14. The van der Waals surface area contributed by atoms with Gasteiger partial charge in [0.1, 0.15) is 11.5 Å². The molecule has 1 aromatic rings. The Bertz CT molecular complexity index is 618. The lowest BCUT2D eigenvalue weighted by atomic mass is 9.93. The van der Waals surface area contributed by atoms with Crippen molar-refractivity contribution in [3.05, 3.63) is 35.4 Å². The van der Waals surface area contributed by atoms with Crippen LogP contribution in [0.4, 0.5) is 13.2 Å². The van der Waals surface area contributed by atoms with Crippen LogP contribution in [0.1, 0.15) is 31.1 Å². The minimum absolute atomic E-state index is 0.218.